The van der Waals surface area contributed by atoms with Gasteiger partial charge >= 0.3 is 0 Å². The van der Waals surface area contributed by atoms with E-state index in [2.05, 4.69) is 34.5 Å². The van der Waals surface area contributed by atoms with Gasteiger partial charge in [-0.25, -0.2) is 0 Å². The molecule has 1 saturated heterocycles. The highest BCUT2D eigenvalue weighted by Gasteiger charge is 2.46. The van der Waals surface area contributed by atoms with Gasteiger partial charge in [-0.05, 0) is 35.7 Å². The van der Waals surface area contributed by atoms with E-state index >= 15 is 0 Å². The van der Waals surface area contributed by atoms with Crippen LogP contribution in [0.3, 0.4) is 0 Å². The van der Waals surface area contributed by atoms with Crippen LogP contribution in [0.1, 0.15) is 24.5 Å². The van der Waals surface area contributed by atoms with Gasteiger partial charge in [0.25, 0.3) is 0 Å². The summed E-state index contributed by atoms with van der Waals surface area (Å²) in [6, 6.07) is 20.3. The number of rotatable bonds is 7. The molecule has 1 atom stereocenters. The van der Waals surface area contributed by atoms with Gasteiger partial charge in [-0.3, -0.25) is 9.69 Å². The maximum absolute atomic E-state index is 13.1. The molecule has 1 fully saturated rings. The number of carbonyl (C=O) groups is 1. The van der Waals surface area contributed by atoms with E-state index in [1.807, 2.05) is 43.3 Å². The molecular formula is C25H28N2O3. The molecule has 5 heteroatoms. The normalized spacial score (nSPS) is 18.6. The average molecular weight is 405 g/mol. The second kappa shape index (κ2) is 8.36. The zero-order valence-electron chi connectivity index (χ0n) is 17.8. The molecule has 1 N–H and O–H groups in total. The number of amides is 1. The van der Waals surface area contributed by atoms with E-state index in [9.17, 15) is 4.79 Å². The molecule has 0 aliphatic carbocycles. The lowest BCUT2D eigenvalue weighted by Crippen LogP contribution is -2.65. The minimum Gasteiger partial charge on any atom is -0.493 e. The van der Waals surface area contributed by atoms with Gasteiger partial charge in [-0.15, -0.1) is 0 Å². The number of hydrogen-bond acceptors (Lipinski definition) is 4. The standard InChI is InChI=1S/C25H28N2O3/c1-25(14-15-27(25)17-20-11-7-13-22(29-2)23(20)30-3)24(28)26-16-19-10-6-9-18-8-4-5-12-21(18)19/h4-13H,14-17H2,1-3H3,(H,26,28). The Hall–Kier alpha value is -3.05. The minimum atomic E-state index is -0.529. The van der Waals surface area contributed by atoms with Crippen LogP contribution in [-0.4, -0.2) is 37.1 Å². The molecule has 1 heterocycles. The summed E-state index contributed by atoms with van der Waals surface area (Å²) in [5.74, 6) is 1.49. The molecule has 1 amide bonds. The molecule has 0 spiro atoms. The van der Waals surface area contributed by atoms with Gasteiger partial charge in [-0.2, -0.15) is 0 Å². The molecule has 1 aliphatic rings. The van der Waals surface area contributed by atoms with Crippen LogP contribution in [0.5, 0.6) is 11.5 Å². The van der Waals surface area contributed by atoms with Gasteiger partial charge in [0.2, 0.25) is 5.91 Å². The van der Waals surface area contributed by atoms with Crippen LogP contribution >= 0.6 is 0 Å². The zero-order chi connectivity index (χ0) is 21.1. The van der Waals surface area contributed by atoms with Crippen molar-refractivity contribution in [2.24, 2.45) is 0 Å². The first kappa shape index (κ1) is 20.2. The second-order valence-electron chi connectivity index (χ2n) is 7.92. The first-order chi connectivity index (χ1) is 14.6. The van der Waals surface area contributed by atoms with Crippen molar-refractivity contribution in [2.45, 2.75) is 32.0 Å². The average Bonchev–Trinajstić information content (AvgIpc) is 2.79. The molecule has 0 saturated carbocycles. The lowest BCUT2D eigenvalue weighted by Gasteiger charge is -2.49. The Morgan fingerprint density at radius 1 is 1.00 bits per heavy atom. The lowest BCUT2D eigenvalue weighted by molar-refractivity contribution is -0.142. The minimum absolute atomic E-state index is 0.0588. The maximum Gasteiger partial charge on any atom is 0.240 e. The molecule has 0 radical (unpaired) electrons. The Morgan fingerprint density at radius 3 is 2.47 bits per heavy atom. The largest absolute Gasteiger partial charge is 0.493 e. The monoisotopic (exact) mass is 404 g/mol. The van der Waals surface area contributed by atoms with Crippen LogP contribution in [-0.2, 0) is 17.9 Å². The van der Waals surface area contributed by atoms with Crippen molar-refractivity contribution in [3.8, 4) is 11.5 Å². The molecular weight excluding hydrogens is 376 g/mol. The molecule has 156 valence electrons. The summed E-state index contributed by atoms with van der Waals surface area (Å²) in [6.45, 7) is 4.05. The Labute approximate surface area is 177 Å². The lowest BCUT2D eigenvalue weighted by atomic mass is 9.85. The molecule has 1 aliphatic heterocycles. The Morgan fingerprint density at radius 2 is 1.73 bits per heavy atom. The van der Waals surface area contributed by atoms with Gasteiger partial charge in [0.05, 0.1) is 19.8 Å². The zero-order valence-corrected chi connectivity index (χ0v) is 17.8. The summed E-state index contributed by atoms with van der Waals surface area (Å²) in [4.78, 5) is 15.3. The van der Waals surface area contributed by atoms with E-state index < -0.39 is 5.54 Å². The van der Waals surface area contributed by atoms with E-state index in [0.29, 0.717) is 18.8 Å². The van der Waals surface area contributed by atoms with Gasteiger partial charge in [-0.1, -0.05) is 54.6 Å². The number of methoxy groups -OCH3 is 2. The first-order valence-corrected chi connectivity index (χ1v) is 10.3. The Balaban J connectivity index is 1.47. The van der Waals surface area contributed by atoms with Crippen molar-refractivity contribution in [1.82, 2.24) is 10.2 Å². The fraction of sp³-hybridized carbons (Fsp3) is 0.320. The van der Waals surface area contributed by atoms with Gasteiger partial charge in [0, 0.05) is 25.2 Å². The third-order valence-corrected chi connectivity index (χ3v) is 6.22. The number of likely N-dealkylation sites (tertiary alicyclic amines) is 1. The van der Waals surface area contributed by atoms with Crippen LogP contribution in [0.25, 0.3) is 10.8 Å². The van der Waals surface area contributed by atoms with E-state index in [1.165, 1.54) is 10.8 Å². The number of benzene rings is 3. The van der Waals surface area contributed by atoms with Crippen LogP contribution in [0, 0.1) is 0 Å². The quantitative estimate of drug-likeness (QED) is 0.643. The third-order valence-electron chi connectivity index (χ3n) is 6.22. The first-order valence-electron chi connectivity index (χ1n) is 10.3. The molecule has 0 aromatic heterocycles. The van der Waals surface area contributed by atoms with Crippen molar-refractivity contribution < 1.29 is 14.3 Å². The summed E-state index contributed by atoms with van der Waals surface area (Å²) in [5.41, 5.74) is 1.62. The molecule has 5 nitrogen and oxygen atoms in total. The van der Waals surface area contributed by atoms with E-state index in [4.69, 9.17) is 9.47 Å². The van der Waals surface area contributed by atoms with Crippen molar-refractivity contribution in [3.63, 3.8) is 0 Å². The summed E-state index contributed by atoms with van der Waals surface area (Å²) >= 11 is 0. The molecule has 3 aromatic carbocycles. The van der Waals surface area contributed by atoms with Crippen LogP contribution in [0.4, 0.5) is 0 Å². The topological polar surface area (TPSA) is 50.8 Å². The van der Waals surface area contributed by atoms with Crippen LogP contribution in [0.15, 0.2) is 60.7 Å². The van der Waals surface area contributed by atoms with Gasteiger partial charge in [0.1, 0.15) is 0 Å². The highest BCUT2D eigenvalue weighted by Crippen LogP contribution is 2.37. The van der Waals surface area contributed by atoms with Gasteiger partial charge in [0.15, 0.2) is 11.5 Å². The predicted octanol–water partition coefficient (Wildman–Crippen LogP) is 4.14. The molecule has 3 aromatic rings. The Bertz CT molecular complexity index is 1060. The third kappa shape index (κ3) is 3.61. The SMILES string of the molecule is COc1cccc(CN2CCC2(C)C(=O)NCc2cccc3ccccc23)c1OC. The number of para-hydroxylation sites is 1. The molecule has 4 rings (SSSR count). The van der Waals surface area contributed by atoms with Gasteiger partial charge < -0.3 is 14.8 Å². The number of nitrogens with one attached hydrogen (secondary N) is 1. The van der Waals surface area contributed by atoms with Crippen molar-refractivity contribution >= 4 is 16.7 Å². The highest BCUT2D eigenvalue weighted by atomic mass is 16.5. The number of nitrogens with zero attached hydrogens (tertiary/aromatic N) is 1. The molecule has 30 heavy (non-hydrogen) atoms. The second-order valence-corrected chi connectivity index (χ2v) is 7.92. The van der Waals surface area contributed by atoms with E-state index in [-0.39, 0.29) is 5.91 Å². The van der Waals surface area contributed by atoms with E-state index in [0.717, 1.165) is 29.8 Å². The fourth-order valence-electron chi connectivity index (χ4n) is 4.21. The number of carbonyl (C=O) groups excluding carboxylic acids is 1. The predicted molar refractivity (Wildman–Crippen MR) is 119 cm³/mol. The van der Waals surface area contributed by atoms with Crippen LogP contribution < -0.4 is 14.8 Å². The van der Waals surface area contributed by atoms with E-state index in [1.54, 1.807) is 14.2 Å². The summed E-state index contributed by atoms with van der Waals surface area (Å²) < 4.78 is 11.0. The summed E-state index contributed by atoms with van der Waals surface area (Å²) in [5, 5.41) is 5.53. The molecule has 1 unspecified atom stereocenters. The smallest absolute Gasteiger partial charge is 0.240 e. The Kier molecular flexibility index (Phi) is 5.64. The fourth-order valence-corrected chi connectivity index (χ4v) is 4.21. The number of hydrogen-bond donors (Lipinski definition) is 1. The summed E-state index contributed by atoms with van der Waals surface area (Å²) in [7, 11) is 3.28. The van der Waals surface area contributed by atoms with Crippen molar-refractivity contribution in [2.75, 3.05) is 20.8 Å². The summed E-state index contributed by atoms with van der Waals surface area (Å²) in [6.07, 6.45) is 0.834. The van der Waals surface area contributed by atoms with Crippen molar-refractivity contribution in [1.29, 1.82) is 0 Å². The number of ether oxygens (including phenoxy) is 2. The molecule has 0 bridgehead atoms. The van der Waals surface area contributed by atoms with Crippen LogP contribution in [0.2, 0.25) is 0 Å². The maximum atomic E-state index is 13.1. The highest BCUT2D eigenvalue weighted by molar-refractivity contribution is 5.89. The number of fused-ring (bicyclic) bond motifs is 1. The van der Waals surface area contributed by atoms with Crippen molar-refractivity contribution in [3.05, 3.63) is 71.8 Å².